The Morgan fingerprint density at radius 3 is 2.19 bits per heavy atom. The van der Waals surface area contributed by atoms with E-state index in [2.05, 4.69) is 0 Å². The number of hydrogen-bond acceptors (Lipinski definition) is 2. The summed E-state index contributed by atoms with van der Waals surface area (Å²) in [7, 11) is 0. The van der Waals surface area contributed by atoms with Crippen LogP contribution in [0.25, 0.3) is 0 Å². The number of carbonyl (C=O) groups excluding carboxylic acids is 1. The molecule has 0 atom stereocenters. The average Bonchev–Trinajstić information content (AvgIpc) is 2.46. The molecule has 2 aromatic rings. The van der Waals surface area contributed by atoms with E-state index in [1.54, 1.807) is 24.3 Å². The maximum absolute atomic E-state index is 12.4. The summed E-state index contributed by atoms with van der Waals surface area (Å²) >= 11 is 5.81. The second kappa shape index (κ2) is 6.90. The minimum Gasteiger partial charge on any atom is -0.480 e. The Morgan fingerprint density at radius 1 is 1.00 bits per heavy atom. The third kappa shape index (κ3) is 4.33. The second-order valence-corrected chi connectivity index (χ2v) is 4.95. The number of aliphatic carboxylic acids is 1. The van der Waals surface area contributed by atoms with Crippen LogP contribution in [-0.2, 0) is 16.0 Å². The highest BCUT2D eigenvalue weighted by Gasteiger charge is 2.19. The Labute approximate surface area is 127 Å². The lowest BCUT2D eigenvalue weighted by Gasteiger charge is -2.21. The smallest absolute Gasteiger partial charge is 0.323 e. The number of hydrogen-bond donors (Lipinski definition) is 1. The number of carboxylic acids is 1. The first-order valence-electron chi connectivity index (χ1n) is 6.38. The van der Waals surface area contributed by atoms with Crippen molar-refractivity contribution in [2.24, 2.45) is 0 Å². The number of anilines is 1. The molecular formula is C16H14ClNO3. The molecule has 21 heavy (non-hydrogen) atoms. The van der Waals surface area contributed by atoms with Gasteiger partial charge in [-0.3, -0.25) is 9.59 Å². The summed E-state index contributed by atoms with van der Waals surface area (Å²) in [4.78, 5) is 24.6. The summed E-state index contributed by atoms with van der Waals surface area (Å²) in [6, 6.07) is 15.7. The summed E-state index contributed by atoms with van der Waals surface area (Å²) in [5.41, 5.74) is 1.36. The Bertz CT molecular complexity index is 626. The topological polar surface area (TPSA) is 57.6 Å². The van der Waals surface area contributed by atoms with Gasteiger partial charge >= 0.3 is 5.97 Å². The molecule has 0 heterocycles. The number of benzene rings is 2. The van der Waals surface area contributed by atoms with Crippen LogP contribution in [0.15, 0.2) is 54.6 Å². The number of carboxylic acid groups (broad SMARTS) is 1. The van der Waals surface area contributed by atoms with E-state index in [0.29, 0.717) is 10.7 Å². The molecule has 0 radical (unpaired) electrons. The summed E-state index contributed by atoms with van der Waals surface area (Å²) in [6.07, 6.45) is 0.150. The molecule has 2 rings (SSSR count). The third-order valence-electron chi connectivity index (χ3n) is 2.93. The standard InChI is InChI=1S/C16H14ClNO3/c17-13-6-8-14(9-7-13)18(11-16(20)21)15(19)10-12-4-2-1-3-5-12/h1-9H,10-11H2,(H,20,21). The van der Waals surface area contributed by atoms with Crippen molar-refractivity contribution in [1.29, 1.82) is 0 Å². The van der Waals surface area contributed by atoms with E-state index in [0.717, 1.165) is 5.56 Å². The molecule has 0 saturated heterocycles. The SMILES string of the molecule is O=C(O)CN(C(=O)Cc1ccccc1)c1ccc(Cl)cc1. The van der Waals surface area contributed by atoms with Crippen LogP contribution in [0.3, 0.4) is 0 Å². The first kappa shape index (κ1) is 15.1. The van der Waals surface area contributed by atoms with E-state index in [-0.39, 0.29) is 18.9 Å². The van der Waals surface area contributed by atoms with Gasteiger partial charge in [-0.25, -0.2) is 0 Å². The predicted octanol–water partition coefficient (Wildman–Crippen LogP) is 3.00. The summed E-state index contributed by atoms with van der Waals surface area (Å²) < 4.78 is 0. The second-order valence-electron chi connectivity index (χ2n) is 4.51. The van der Waals surface area contributed by atoms with E-state index < -0.39 is 5.97 Å². The first-order valence-corrected chi connectivity index (χ1v) is 6.75. The fourth-order valence-electron chi connectivity index (χ4n) is 1.95. The molecule has 0 fully saturated rings. The van der Waals surface area contributed by atoms with E-state index in [4.69, 9.17) is 16.7 Å². The number of halogens is 1. The first-order chi connectivity index (χ1) is 10.1. The quantitative estimate of drug-likeness (QED) is 0.924. The van der Waals surface area contributed by atoms with Crippen LogP contribution in [0.1, 0.15) is 5.56 Å². The van der Waals surface area contributed by atoms with Crippen molar-refractivity contribution in [2.45, 2.75) is 6.42 Å². The highest BCUT2D eigenvalue weighted by atomic mass is 35.5. The van der Waals surface area contributed by atoms with E-state index in [9.17, 15) is 9.59 Å². The Balaban J connectivity index is 2.21. The molecule has 108 valence electrons. The van der Waals surface area contributed by atoms with E-state index >= 15 is 0 Å². The van der Waals surface area contributed by atoms with Crippen LogP contribution in [0.2, 0.25) is 5.02 Å². The molecule has 0 aliphatic rings. The molecule has 0 unspecified atom stereocenters. The van der Waals surface area contributed by atoms with Gasteiger partial charge in [0, 0.05) is 10.7 Å². The van der Waals surface area contributed by atoms with Gasteiger partial charge in [0.15, 0.2) is 0 Å². The predicted molar refractivity (Wildman–Crippen MR) is 81.6 cm³/mol. The van der Waals surface area contributed by atoms with Crippen LogP contribution >= 0.6 is 11.6 Å². The third-order valence-corrected chi connectivity index (χ3v) is 3.18. The molecule has 1 N–H and O–H groups in total. The van der Waals surface area contributed by atoms with Gasteiger partial charge in [0.25, 0.3) is 0 Å². The zero-order chi connectivity index (χ0) is 15.2. The van der Waals surface area contributed by atoms with Crippen LogP contribution in [-0.4, -0.2) is 23.5 Å². The van der Waals surface area contributed by atoms with Gasteiger partial charge in [-0.1, -0.05) is 41.9 Å². The van der Waals surface area contributed by atoms with E-state index in [1.807, 2.05) is 30.3 Å². The normalized spacial score (nSPS) is 10.1. The summed E-state index contributed by atoms with van der Waals surface area (Å²) in [5.74, 6) is -1.34. The molecule has 0 bridgehead atoms. The van der Waals surface area contributed by atoms with Gasteiger partial charge in [0.1, 0.15) is 6.54 Å². The van der Waals surface area contributed by atoms with Crippen molar-refractivity contribution in [3.8, 4) is 0 Å². The van der Waals surface area contributed by atoms with Gasteiger partial charge in [0.2, 0.25) is 5.91 Å². The molecule has 1 amide bonds. The van der Waals surface area contributed by atoms with Gasteiger partial charge in [-0.2, -0.15) is 0 Å². The minimum absolute atomic E-state index is 0.150. The van der Waals surface area contributed by atoms with Crippen molar-refractivity contribution >= 4 is 29.2 Å². The Hall–Kier alpha value is -2.33. The van der Waals surface area contributed by atoms with Crippen LogP contribution in [0.5, 0.6) is 0 Å². The fourth-order valence-corrected chi connectivity index (χ4v) is 2.07. The van der Waals surface area contributed by atoms with Crippen molar-refractivity contribution in [1.82, 2.24) is 0 Å². The maximum Gasteiger partial charge on any atom is 0.323 e. The zero-order valence-corrected chi connectivity index (χ0v) is 12.0. The number of amides is 1. The zero-order valence-electron chi connectivity index (χ0n) is 11.2. The molecule has 0 spiro atoms. The average molecular weight is 304 g/mol. The van der Waals surface area contributed by atoms with Crippen LogP contribution in [0.4, 0.5) is 5.69 Å². The van der Waals surface area contributed by atoms with Crippen molar-refractivity contribution < 1.29 is 14.7 Å². The highest BCUT2D eigenvalue weighted by Crippen LogP contribution is 2.19. The molecule has 0 aliphatic heterocycles. The molecule has 4 nitrogen and oxygen atoms in total. The Kier molecular flexibility index (Phi) is 4.95. The highest BCUT2D eigenvalue weighted by molar-refractivity contribution is 6.30. The van der Waals surface area contributed by atoms with Crippen molar-refractivity contribution in [3.05, 3.63) is 65.2 Å². The van der Waals surface area contributed by atoms with Gasteiger partial charge in [-0.15, -0.1) is 0 Å². The molecule has 0 aliphatic carbocycles. The molecule has 5 heteroatoms. The maximum atomic E-state index is 12.4. The summed E-state index contributed by atoms with van der Waals surface area (Å²) in [6.45, 7) is -0.382. The van der Waals surface area contributed by atoms with Crippen molar-refractivity contribution in [2.75, 3.05) is 11.4 Å². The minimum atomic E-state index is -1.06. The molecule has 0 saturated carbocycles. The van der Waals surface area contributed by atoms with E-state index in [1.165, 1.54) is 4.90 Å². The lowest BCUT2D eigenvalue weighted by Crippen LogP contribution is -2.36. The van der Waals surface area contributed by atoms with Crippen LogP contribution in [0, 0.1) is 0 Å². The monoisotopic (exact) mass is 303 g/mol. The van der Waals surface area contributed by atoms with Gasteiger partial charge < -0.3 is 10.0 Å². The lowest BCUT2D eigenvalue weighted by molar-refractivity contribution is -0.136. The fraction of sp³-hybridized carbons (Fsp3) is 0.125. The molecule has 0 aromatic heterocycles. The Morgan fingerprint density at radius 2 is 1.62 bits per heavy atom. The largest absolute Gasteiger partial charge is 0.480 e. The van der Waals surface area contributed by atoms with Gasteiger partial charge in [-0.05, 0) is 29.8 Å². The van der Waals surface area contributed by atoms with Crippen molar-refractivity contribution in [3.63, 3.8) is 0 Å². The van der Waals surface area contributed by atoms with Crippen LogP contribution < -0.4 is 4.90 Å². The number of nitrogens with zero attached hydrogens (tertiary/aromatic N) is 1. The lowest BCUT2D eigenvalue weighted by atomic mass is 10.1. The van der Waals surface area contributed by atoms with Gasteiger partial charge in [0.05, 0.1) is 6.42 Å². The summed E-state index contributed by atoms with van der Waals surface area (Å²) in [5, 5.41) is 9.53. The number of carbonyl (C=O) groups is 2. The molecular weight excluding hydrogens is 290 g/mol. The number of rotatable bonds is 5. The molecule has 2 aromatic carbocycles.